The summed E-state index contributed by atoms with van der Waals surface area (Å²) >= 11 is 0. The molecule has 4 nitrogen and oxygen atoms in total. The molecule has 12 aromatic rings. The van der Waals surface area contributed by atoms with Crippen molar-refractivity contribution in [3.8, 4) is 112 Å². The van der Waals surface area contributed by atoms with Crippen LogP contribution in [0, 0.1) is 6.07 Å². The van der Waals surface area contributed by atoms with Crippen LogP contribution in [0.3, 0.4) is 0 Å². The summed E-state index contributed by atoms with van der Waals surface area (Å²) in [5.41, 5.74) is 17.7. The van der Waals surface area contributed by atoms with Crippen molar-refractivity contribution >= 4 is 10.8 Å². The monoisotopic (exact) mass is 1080 g/mol. The van der Waals surface area contributed by atoms with Gasteiger partial charge in [0.2, 0.25) is 0 Å². The first-order chi connectivity index (χ1) is 34.7. The molecular weight excluding hydrogens is 1040 g/mol. The van der Waals surface area contributed by atoms with E-state index in [2.05, 4.69) is 237 Å². The molecule has 1 radical (unpaired) electrons. The summed E-state index contributed by atoms with van der Waals surface area (Å²) in [4.78, 5) is 20.9. The summed E-state index contributed by atoms with van der Waals surface area (Å²) in [7, 11) is 0. The Bertz CT molecular complexity index is 3760. The maximum Gasteiger partial charge on any atom is 0.164 e. The van der Waals surface area contributed by atoms with Gasteiger partial charge < -0.3 is 4.98 Å². The smallest absolute Gasteiger partial charge is 0.164 e. The molecule has 2 heterocycles. The fourth-order valence-corrected chi connectivity index (χ4v) is 9.38. The van der Waals surface area contributed by atoms with Gasteiger partial charge in [0.05, 0.1) is 0 Å². The quantitative estimate of drug-likeness (QED) is 0.128. The molecule has 0 bridgehead atoms. The number of nitrogens with zero attached hydrogens (tertiary/aromatic N) is 4. The van der Waals surface area contributed by atoms with E-state index in [0.717, 1.165) is 105 Å². The zero-order valence-corrected chi connectivity index (χ0v) is 40.8. The van der Waals surface area contributed by atoms with E-state index in [1.54, 1.807) is 0 Å². The number of aromatic nitrogens is 4. The fourth-order valence-electron chi connectivity index (χ4n) is 9.38. The standard InChI is InChI=1S/C66H43N4.Ir/c1-5-19-45(20-6-1)54-39-55(46-21-7-2-8-22-46)41-57(40-54)50-28-17-30-52(37-50)64-68-65(53-31-18-29-51(38-53)63-62-34-14-13-27-49(62)35-36-67-63)70-66(69-64)59-43-56(47-23-9-3-10-24-47)42-58(44-59)61-33-16-15-32-60(61)48-25-11-4-12-26-48;/h1-28,30-44H;/q-1;. The van der Waals surface area contributed by atoms with Gasteiger partial charge in [-0.25, -0.2) is 15.0 Å². The molecule has 0 saturated heterocycles. The maximum atomic E-state index is 5.39. The van der Waals surface area contributed by atoms with Gasteiger partial charge in [-0.15, -0.1) is 29.8 Å². The Morgan fingerprint density at radius 3 is 1.30 bits per heavy atom. The molecule has 71 heavy (non-hydrogen) atoms. The number of fused-ring (bicyclic) bond motifs is 1. The van der Waals surface area contributed by atoms with Gasteiger partial charge in [0, 0.05) is 37.4 Å². The molecule has 0 aliphatic carbocycles. The van der Waals surface area contributed by atoms with Crippen LogP contribution in [0.5, 0.6) is 0 Å². The van der Waals surface area contributed by atoms with Crippen molar-refractivity contribution in [2.75, 3.05) is 0 Å². The van der Waals surface area contributed by atoms with E-state index in [0.29, 0.717) is 17.5 Å². The van der Waals surface area contributed by atoms with Crippen LogP contribution in [0.4, 0.5) is 0 Å². The molecule has 0 fully saturated rings. The summed E-state index contributed by atoms with van der Waals surface area (Å²) in [5.74, 6) is 1.68. The van der Waals surface area contributed by atoms with Crippen LogP contribution in [-0.4, -0.2) is 19.9 Å². The van der Waals surface area contributed by atoms with Crippen LogP contribution in [0.15, 0.2) is 261 Å². The second kappa shape index (κ2) is 20.1. The largest absolute Gasteiger partial charge is 0.304 e. The predicted octanol–water partition coefficient (Wildman–Crippen LogP) is 16.9. The Kier molecular flexibility index (Phi) is 12.7. The van der Waals surface area contributed by atoms with Crippen molar-refractivity contribution in [3.63, 3.8) is 0 Å². The van der Waals surface area contributed by atoms with Crippen molar-refractivity contribution < 1.29 is 20.1 Å². The van der Waals surface area contributed by atoms with Gasteiger partial charge in [0.1, 0.15) is 5.82 Å². The molecule has 2 aromatic heterocycles. The van der Waals surface area contributed by atoms with Crippen molar-refractivity contribution in [1.29, 1.82) is 0 Å². The van der Waals surface area contributed by atoms with Crippen molar-refractivity contribution in [2.45, 2.75) is 0 Å². The van der Waals surface area contributed by atoms with Crippen LogP contribution < -0.4 is 0 Å². The minimum atomic E-state index is 0. The number of rotatable bonds is 10. The zero-order chi connectivity index (χ0) is 46.6. The van der Waals surface area contributed by atoms with E-state index < -0.39 is 0 Å². The first-order valence-corrected chi connectivity index (χ1v) is 23.5. The number of pyridine rings is 1. The third kappa shape index (κ3) is 9.41. The summed E-state index contributed by atoms with van der Waals surface area (Å²) in [6.07, 6.45) is 1.86. The van der Waals surface area contributed by atoms with Crippen molar-refractivity contribution in [1.82, 2.24) is 19.9 Å². The molecule has 12 rings (SSSR count). The number of hydrogen-bond donors (Lipinski definition) is 0. The van der Waals surface area contributed by atoms with Crippen LogP contribution in [0.25, 0.3) is 123 Å². The van der Waals surface area contributed by atoms with Crippen LogP contribution in [-0.2, 0) is 20.1 Å². The molecule has 0 amide bonds. The molecule has 0 unspecified atom stereocenters. The van der Waals surface area contributed by atoms with Gasteiger partial charge >= 0.3 is 0 Å². The Labute approximate surface area is 427 Å². The molecule has 0 spiro atoms. The van der Waals surface area contributed by atoms with Gasteiger partial charge in [0.25, 0.3) is 0 Å². The minimum absolute atomic E-state index is 0. The second-order valence-electron chi connectivity index (χ2n) is 17.4. The Morgan fingerprint density at radius 2 is 0.690 bits per heavy atom. The second-order valence-corrected chi connectivity index (χ2v) is 17.4. The van der Waals surface area contributed by atoms with Gasteiger partial charge in [-0.05, 0) is 132 Å². The van der Waals surface area contributed by atoms with Gasteiger partial charge in [-0.3, -0.25) is 0 Å². The van der Waals surface area contributed by atoms with Gasteiger partial charge in [-0.1, -0.05) is 194 Å². The first-order valence-electron chi connectivity index (χ1n) is 23.5. The molecule has 0 aliphatic rings. The number of benzene rings is 10. The van der Waals surface area contributed by atoms with Crippen LogP contribution in [0.1, 0.15) is 0 Å². The fraction of sp³-hybridized carbons (Fsp3) is 0. The molecule has 0 N–H and O–H groups in total. The van der Waals surface area contributed by atoms with Crippen molar-refractivity contribution in [3.05, 3.63) is 267 Å². The predicted molar refractivity (Wildman–Crippen MR) is 288 cm³/mol. The van der Waals surface area contributed by atoms with Gasteiger partial charge in [0.15, 0.2) is 11.6 Å². The van der Waals surface area contributed by atoms with Crippen LogP contribution in [0.2, 0.25) is 0 Å². The van der Waals surface area contributed by atoms with E-state index >= 15 is 0 Å². The molecule has 5 heteroatoms. The number of hydrogen-bond acceptors (Lipinski definition) is 4. The molecule has 10 aromatic carbocycles. The van der Waals surface area contributed by atoms with E-state index in [4.69, 9.17) is 19.9 Å². The van der Waals surface area contributed by atoms with E-state index in [-0.39, 0.29) is 20.1 Å². The van der Waals surface area contributed by atoms with Gasteiger partial charge in [-0.2, -0.15) is 0 Å². The first kappa shape index (κ1) is 44.8. The summed E-state index contributed by atoms with van der Waals surface area (Å²) in [5, 5.41) is 2.17. The SMILES string of the molecule is [Ir].[c-]1ccc(-c2nc(-c3cccc(-c4cc(-c5ccccc5)cc(-c5ccccc5)c4)c3)nc(-c3cc(-c4ccccc4)cc(-c4ccccc4-c4ccccc4)c3)n2)cc1-c1nccc2ccccc12. The Morgan fingerprint density at radius 1 is 0.282 bits per heavy atom. The normalized spacial score (nSPS) is 11.0. The van der Waals surface area contributed by atoms with E-state index in [1.807, 2.05) is 30.5 Å². The summed E-state index contributed by atoms with van der Waals surface area (Å²) < 4.78 is 0. The average molecular weight is 1080 g/mol. The maximum absolute atomic E-state index is 5.39. The van der Waals surface area contributed by atoms with Crippen LogP contribution >= 0.6 is 0 Å². The van der Waals surface area contributed by atoms with Crippen molar-refractivity contribution in [2.24, 2.45) is 0 Å². The molecule has 337 valence electrons. The third-order valence-corrected chi connectivity index (χ3v) is 12.8. The third-order valence-electron chi connectivity index (χ3n) is 12.8. The molecule has 0 aliphatic heterocycles. The zero-order valence-electron chi connectivity index (χ0n) is 38.4. The summed E-state index contributed by atoms with van der Waals surface area (Å²) in [6.45, 7) is 0. The topological polar surface area (TPSA) is 51.6 Å². The molecule has 0 atom stereocenters. The Balaban J connectivity index is 0.00000547. The average Bonchev–Trinajstić information content (AvgIpc) is 3.45. The van der Waals surface area contributed by atoms with E-state index in [1.165, 1.54) is 0 Å². The molecule has 0 saturated carbocycles. The molecular formula is C66H43IrN4-. The summed E-state index contributed by atoms with van der Waals surface area (Å²) in [6, 6.07) is 92.8. The minimum Gasteiger partial charge on any atom is -0.304 e. The Hall–Kier alpha value is -8.73. The van der Waals surface area contributed by atoms with E-state index in [9.17, 15) is 0 Å².